The average molecular weight is 394 g/mol. The number of hydrogen-bond acceptors (Lipinski definition) is 4. The van der Waals surface area contributed by atoms with Crippen molar-refractivity contribution in [2.24, 2.45) is 5.92 Å². The van der Waals surface area contributed by atoms with Crippen molar-refractivity contribution < 1.29 is 9.53 Å². The number of nitrogens with zero attached hydrogens (tertiary/aromatic N) is 1. The van der Waals surface area contributed by atoms with Crippen molar-refractivity contribution in [2.75, 3.05) is 23.7 Å². The molecule has 0 spiro atoms. The lowest BCUT2D eigenvalue weighted by atomic mass is 9.80. The molecule has 0 bridgehead atoms. The monoisotopic (exact) mass is 393 g/mol. The van der Waals surface area contributed by atoms with Crippen LogP contribution in [0.1, 0.15) is 44.7 Å². The summed E-state index contributed by atoms with van der Waals surface area (Å²) in [5, 5.41) is 7.61. The number of aryl methyl sites for hydroxylation is 1. The Morgan fingerprint density at radius 3 is 2.34 bits per heavy atom. The standard InChI is InChI=1S/C24H31N3O2/c1-17-10-11-20-21(16-17)26-24(25-20,18-8-6-5-7-9-18)19-12-14-27(15-13-19)22(28)29-23(2,3)4/h5-11,16,19,25-26H,12-15H2,1-4H3. The molecule has 0 aliphatic carbocycles. The number of amides is 1. The Bertz CT molecular complexity index is 883. The van der Waals surface area contributed by atoms with Gasteiger partial charge in [-0.2, -0.15) is 0 Å². The number of anilines is 2. The van der Waals surface area contributed by atoms with Crippen molar-refractivity contribution in [3.8, 4) is 0 Å². The smallest absolute Gasteiger partial charge is 0.410 e. The van der Waals surface area contributed by atoms with Gasteiger partial charge in [-0.1, -0.05) is 36.4 Å². The lowest BCUT2D eigenvalue weighted by Crippen LogP contribution is -2.51. The third kappa shape index (κ3) is 3.91. The second kappa shape index (κ2) is 7.29. The molecule has 5 heteroatoms. The Morgan fingerprint density at radius 1 is 1.03 bits per heavy atom. The van der Waals surface area contributed by atoms with Gasteiger partial charge in [0.2, 0.25) is 0 Å². The molecule has 29 heavy (non-hydrogen) atoms. The van der Waals surface area contributed by atoms with E-state index in [1.54, 1.807) is 0 Å². The van der Waals surface area contributed by atoms with E-state index in [1.807, 2.05) is 25.7 Å². The molecule has 2 aromatic carbocycles. The van der Waals surface area contributed by atoms with Gasteiger partial charge in [0.1, 0.15) is 11.3 Å². The number of rotatable bonds is 2. The van der Waals surface area contributed by atoms with Gasteiger partial charge in [-0.05, 0) is 63.8 Å². The number of likely N-dealkylation sites (tertiary alicyclic amines) is 1. The summed E-state index contributed by atoms with van der Waals surface area (Å²) in [4.78, 5) is 14.3. The number of ether oxygens (including phenoxy) is 1. The number of piperidine rings is 1. The molecule has 2 aliphatic heterocycles. The van der Waals surface area contributed by atoms with Crippen molar-refractivity contribution in [2.45, 2.75) is 51.8 Å². The van der Waals surface area contributed by atoms with E-state index in [-0.39, 0.29) is 11.8 Å². The van der Waals surface area contributed by atoms with Gasteiger partial charge in [0.25, 0.3) is 0 Å². The number of nitrogens with one attached hydrogen (secondary N) is 2. The first kappa shape index (κ1) is 19.6. The molecule has 2 aliphatic rings. The van der Waals surface area contributed by atoms with Crippen LogP contribution in [0.2, 0.25) is 0 Å². The van der Waals surface area contributed by atoms with Gasteiger partial charge < -0.3 is 20.3 Å². The lowest BCUT2D eigenvalue weighted by molar-refractivity contribution is 0.0160. The van der Waals surface area contributed by atoms with E-state index >= 15 is 0 Å². The maximum absolute atomic E-state index is 12.5. The van der Waals surface area contributed by atoms with Gasteiger partial charge >= 0.3 is 6.09 Å². The van der Waals surface area contributed by atoms with Gasteiger partial charge in [-0.25, -0.2) is 4.79 Å². The highest BCUT2D eigenvalue weighted by Gasteiger charge is 2.46. The van der Waals surface area contributed by atoms with Gasteiger partial charge in [0, 0.05) is 19.0 Å². The molecule has 1 saturated heterocycles. The zero-order valence-corrected chi connectivity index (χ0v) is 17.8. The quantitative estimate of drug-likeness (QED) is 0.724. The summed E-state index contributed by atoms with van der Waals surface area (Å²) in [5.41, 5.74) is 3.91. The molecule has 2 heterocycles. The van der Waals surface area contributed by atoms with Crippen molar-refractivity contribution >= 4 is 17.5 Å². The predicted octanol–water partition coefficient (Wildman–Crippen LogP) is 5.33. The van der Waals surface area contributed by atoms with Crippen molar-refractivity contribution in [3.05, 3.63) is 59.7 Å². The summed E-state index contributed by atoms with van der Waals surface area (Å²) < 4.78 is 5.57. The summed E-state index contributed by atoms with van der Waals surface area (Å²) in [6.45, 7) is 9.25. The van der Waals surface area contributed by atoms with Gasteiger partial charge in [0.15, 0.2) is 0 Å². The molecule has 1 atom stereocenters. The van der Waals surface area contributed by atoms with Crippen LogP contribution in [0.15, 0.2) is 48.5 Å². The number of fused-ring (bicyclic) bond motifs is 1. The van der Waals surface area contributed by atoms with Gasteiger partial charge in [-0.3, -0.25) is 0 Å². The van der Waals surface area contributed by atoms with Gasteiger partial charge in [-0.15, -0.1) is 0 Å². The van der Waals surface area contributed by atoms with E-state index in [2.05, 4.69) is 66.1 Å². The summed E-state index contributed by atoms with van der Waals surface area (Å²) in [6, 6.07) is 17.1. The Kier molecular flexibility index (Phi) is 4.93. The molecule has 1 unspecified atom stereocenters. The number of benzene rings is 2. The predicted molar refractivity (Wildman–Crippen MR) is 117 cm³/mol. The fourth-order valence-corrected chi connectivity index (χ4v) is 4.43. The summed E-state index contributed by atoms with van der Waals surface area (Å²) in [5.74, 6) is 0.344. The third-order valence-corrected chi connectivity index (χ3v) is 5.83. The number of carbonyl (C=O) groups excluding carboxylic acids is 1. The van der Waals surface area contributed by atoms with Gasteiger partial charge in [0.05, 0.1) is 11.4 Å². The maximum atomic E-state index is 12.5. The lowest BCUT2D eigenvalue weighted by Gasteiger charge is -2.43. The molecule has 154 valence electrons. The van der Waals surface area contributed by atoms with Crippen LogP contribution in [0.5, 0.6) is 0 Å². The van der Waals surface area contributed by atoms with Crippen LogP contribution in [0.25, 0.3) is 0 Å². The normalized spacial score (nSPS) is 21.9. The van der Waals surface area contributed by atoms with E-state index < -0.39 is 5.60 Å². The van der Waals surface area contributed by atoms with Crippen LogP contribution in [0, 0.1) is 12.8 Å². The van der Waals surface area contributed by atoms with Crippen molar-refractivity contribution in [1.82, 2.24) is 4.90 Å². The summed E-state index contributed by atoms with van der Waals surface area (Å²) >= 11 is 0. The van der Waals surface area contributed by atoms with Crippen LogP contribution in [-0.2, 0) is 10.4 Å². The highest BCUT2D eigenvalue weighted by Crippen LogP contribution is 2.47. The molecular formula is C24H31N3O2. The molecule has 0 aromatic heterocycles. The van der Waals surface area contributed by atoms with E-state index in [0.717, 1.165) is 24.2 Å². The highest BCUT2D eigenvalue weighted by molar-refractivity contribution is 5.78. The van der Waals surface area contributed by atoms with Crippen molar-refractivity contribution in [3.63, 3.8) is 0 Å². The topological polar surface area (TPSA) is 53.6 Å². The Hall–Kier alpha value is -2.69. The third-order valence-electron chi connectivity index (χ3n) is 5.83. The zero-order valence-electron chi connectivity index (χ0n) is 17.8. The Labute approximate surface area is 173 Å². The fraction of sp³-hybridized carbons (Fsp3) is 0.458. The molecule has 1 amide bonds. The molecule has 0 saturated carbocycles. The Balaban J connectivity index is 1.56. The molecule has 4 rings (SSSR count). The number of carbonyl (C=O) groups is 1. The summed E-state index contributed by atoms with van der Waals surface area (Å²) in [7, 11) is 0. The SMILES string of the molecule is Cc1ccc2c(c1)NC(c1ccccc1)(C1CCN(C(=O)OC(C)(C)C)CC1)N2. The van der Waals surface area contributed by atoms with E-state index in [0.29, 0.717) is 19.0 Å². The zero-order chi connectivity index (χ0) is 20.6. The summed E-state index contributed by atoms with van der Waals surface area (Å²) in [6.07, 6.45) is 1.60. The molecule has 2 aromatic rings. The first-order valence-corrected chi connectivity index (χ1v) is 10.5. The highest BCUT2D eigenvalue weighted by atomic mass is 16.6. The minimum atomic E-state index is -0.465. The molecule has 2 N–H and O–H groups in total. The Morgan fingerprint density at radius 2 is 1.69 bits per heavy atom. The number of hydrogen-bond donors (Lipinski definition) is 2. The van der Waals surface area contributed by atoms with E-state index in [9.17, 15) is 4.79 Å². The molecule has 1 fully saturated rings. The molecular weight excluding hydrogens is 362 g/mol. The minimum Gasteiger partial charge on any atom is -0.444 e. The first-order valence-electron chi connectivity index (χ1n) is 10.5. The fourth-order valence-electron chi connectivity index (χ4n) is 4.43. The van der Waals surface area contributed by atoms with Crippen LogP contribution in [0.3, 0.4) is 0 Å². The van der Waals surface area contributed by atoms with Crippen LogP contribution < -0.4 is 10.6 Å². The largest absolute Gasteiger partial charge is 0.444 e. The van der Waals surface area contributed by atoms with Crippen LogP contribution in [0.4, 0.5) is 16.2 Å². The molecule has 5 nitrogen and oxygen atoms in total. The molecule has 0 radical (unpaired) electrons. The van der Waals surface area contributed by atoms with Crippen LogP contribution in [-0.4, -0.2) is 29.7 Å². The van der Waals surface area contributed by atoms with Crippen LogP contribution >= 0.6 is 0 Å². The van der Waals surface area contributed by atoms with E-state index in [4.69, 9.17) is 4.74 Å². The second-order valence-corrected chi connectivity index (χ2v) is 9.21. The van der Waals surface area contributed by atoms with E-state index in [1.165, 1.54) is 11.1 Å². The average Bonchev–Trinajstić information content (AvgIpc) is 3.07. The van der Waals surface area contributed by atoms with Crippen molar-refractivity contribution in [1.29, 1.82) is 0 Å². The first-order chi connectivity index (χ1) is 13.8. The minimum absolute atomic E-state index is 0.212. The second-order valence-electron chi connectivity index (χ2n) is 9.21. The maximum Gasteiger partial charge on any atom is 0.410 e.